The van der Waals surface area contributed by atoms with Crippen molar-refractivity contribution in [1.82, 2.24) is 0 Å². The van der Waals surface area contributed by atoms with Crippen LogP contribution in [0.1, 0.15) is 10.4 Å². The van der Waals surface area contributed by atoms with Crippen LogP contribution in [0.2, 0.25) is 0 Å². The van der Waals surface area contributed by atoms with Gasteiger partial charge < -0.3 is 20.5 Å². The smallest absolute Gasteiger partial charge is 0.343 e. The number of rotatable bonds is 4. The molecular formula is C15H14N2O4. The maximum absolute atomic E-state index is 12.1. The fraction of sp³-hybridized carbons (Fsp3) is 0.0667. The summed E-state index contributed by atoms with van der Waals surface area (Å²) in [7, 11) is 1.49. The van der Waals surface area contributed by atoms with Gasteiger partial charge >= 0.3 is 12.0 Å². The number of carbonyl (C=O) groups is 2. The highest BCUT2D eigenvalue weighted by molar-refractivity contribution is 5.94. The summed E-state index contributed by atoms with van der Waals surface area (Å²) in [6.45, 7) is 0. The van der Waals surface area contributed by atoms with Crippen LogP contribution in [0, 0.1) is 0 Å². The Hall–Kier alpha value is -3.02. The van der Waals surface area contributed by atoms with Crippen LogP contribution >= 0.6 is 0 Å². The van der Waals surface area contributed by atoms with Gasteiger partial charge in [-0.05, 0) is 30.3 Å². The molecule has 0 bridgehead atoms. The second-order valence-electron chi connectivity index (χ2n) is 4.11. The van der Waals surface area contributed by atoms with Crippen LogP contribution in [0.4, 0.5) is 10.5 Å². The molecule has 0 fully saturated rings. The first-order valence-electron chi connectivity index (χ1n) is 6.12. The molecule has 0 heterocycles. The zero-order chi connectivity index (χ0) is 15.2. The van der Waals surface area contributed by atoms with Crippen LogP contribution in [0.25, 0.3) is 0 Å². The fourth-order valence-electron chi connectivity index (χ4n) is 1.73. The van der Waals surface area contributed by atoms with Crippen molar-refractivity contribution in [3.05, 3.63) is 54.1 Å². The number of hydrogen-bond acceptors (Lipinski definition) is 4. The summed E-state index contributed by atoms with van der Waals surface area (Å²) in [6.07, 6.45) is 0. The Morgan fingerprint density at radius 2 is 1.76 bits per heavy atom. The van der Waals surface area contributed by atoms with E-state index in [9.17, 15) is 9.59 Å². The Labute approximate surface area is 121 Å². The van der Waals surface area contributed by atoms with Crippen molar-refractivity contribution in [3.8, 4) is 11.5 Å². The van der Waals surface area contributed by atoms with Crippen molar-refractivity contribution >= 4 is 17.7 Å². The van der Waals surface area contributed by atoms with E-state index in [4.69, 9.17) is 15.2 Å². The molecule has 0 aliphatic rings. The minimum atomic E-state index is -0.703. The molecule has 0 aliphatic carbocycles. The molecule has 6 heteroatoms. The Morgan fingerprint density at radius 1 is 1.05 bits per heavy atom. The highest BCUT2D eigenvalue weighted by Gasteiger charge is 2.12. The molecule has 2 rings (SSSR count). The third-order valence-electron chi connectivity index (χ3n) is 2.64. The molecule has 21 heavy (non-hydrogen) atoms. The number of amides is 2. The van der Waals surface area contributed by atoms with Gasteiger partial charge in [-0.15, -0.1) is 0 Å². The van der Waals surface area contributed by atoms with Crippen LogP contribution in [-0.4, -0.2) is 19.1 Å². The number of urea groups is 1. The fourth-order valence-corrected chi connectivity index (χ4v) is 1.73. The Kier molecular flexibility index (Phi) is 4.40. The Morgan fingerprint density at radius 3 is 2.43 bits per heavy atom. The molecule has 2 aromatic rings. The van der Waals surface area contributed by atoms with Gasteiger partial charge in [0.2, 0.25) is 0 Å². The highest BCUT2D eigenvalue weighted by Crippen LogP contribution is 2.26. The lowest BCUT2D eigenvalue weighted by Gasteiger charge is -2.09. The number of hydrogen-bond donors (Lipinski definition) is 2. The number of ether oxygens (including phenoxy) is 2. The molecule has 108 valence electrons. The number of primary amides is 1. The van der Waals surface area contributed by atoms with Crippen molar-refractivity contribution in [2.75, 3.05) is 12.4 Å². The van der Waals surface area contributed by atoms with Crippen molar-refractivity contribution < 1.29 is 19.1 Å². The predicted molar refractivity (Wildman–Crippen MR) is 77.6 cm³/mol. The monoisotopic (exact) mass is 286 g/mol. The highest BCUT2D eigenvalue weighted by atomic mass is 16.6. The molecule has 0 radical (unpaired) electrons. The average molecular weight is 286 g/mol. The lowest BCUT2D eigenvalue weighted by Crippen LogP contribution is -2.19. The first kappa shape index (κ1) is 14.4. The second-order valence-corrected chi connectivity index (χ2v) is 4.11. The van der Waals surface area contributed by atoms with Crippen LogP contribution in [0.3, 0.4) is 0 Å². The van der Waals surface area contributed by atoms with Crippen molar-refractivity contribution in [2.24, 2.45) is 5.73 Å². The lowest BCUT2D eigenvalue weighted by molar-refractivity contribution is 0.0729. The molecule has 0 saturated carbocycles. The number of nitrogens with one attached hydrogen (secondary N) is 1. The van der Waals surface area contributed by atoms with E-state index in [1.54, 1.807) is 42.5 Å². The van der Waals surface area contributed by atoms with Crippen LogP contribution in [0.5, 0.6) is 11.5 Å². The zero-order valence-electron chi connectivity index (χ0n) is 11.3. The van der Waals surface area contributed by atoms with Gasteiger partial charge in [-0.3, -0.25) is 0 Å². The Balaban J connectivity index is 2.18. The van der Waals surface area contributed by atoms with Crippen molar-refractivity contribution in [3.63, 3.8) is 0 Å². The summed E-state index contributed by atoms with van der Waals surface area (Å²) in [5.41, 5.74) is 5.73. The maximum atomic E-state index is 12.1. The molecule has 2 aromatic carbocycles. The Bertz CT molecular complexity index is 670. The number of methoxy groups -OCH3 is 1. The molecule has 0 unspecified atom stereocenters. The number of para-hydroxylation sites is 2. The van der Waals surface area contributed by atoms with E-state index in [-0.39, 0.29) is 5.56 Å². The summed E-state index contributed by atoms with van der Waals surface area (Å²) in [6, 6.07) is 12.4. The summed E-state index contributed by atoms with van der Waals surface area (Å²) in [5, 5.41) is 2.39. The molecule has 3 N–H and O–H groups in total. The molecule has 6 nitrogen and oxygen atoms in total. The first-order chi connectivity index (χ1) is 10.1. The second kappa shape index (κ2) is 6.42. The van der Waals surface area contributed by atoms with Crippen LogP contribution in [-0.2, 0) is 0 Å². The largest absolute Gasteiger partial charge is 0.493 e. The number of anilines is 1. The topological polar surface area (TPSA) is 90.7 Å². The summed E-state index contributed by atoms with van der Waals surface area (Å²) >= 11 is 0. The van der Waals surface area contributed by atoms with E-state index in [1.165, 1.54) is 13.2 Å². The van der Waals surface area contributed by atoms with E-state index in [0.29, 0.717) is 17.2 Å². The van der Waals surface area contributed by atoms with Gasteiger partial charge in [0.1, 0.15) is 0 Å². The van der Waals surface area contributed by atoms with Gasteiger partial charge in [0.25, 0.3) is 0 Å². The van der Waals surface area contributed by atoms with E-state index in [1.807, 2.05) is 0 Å². The van der Waals surface area contributed by atoms with Gasteiger partial charge in [0.05, 0.1) is 12.7 Å². The van der Waals surface area contributed by atoms with Gasteiger partial charge in [0, 0.05) is 5.69 Å². The van der Waals surface area contributed by atoms with Crippen molar-refractivity contribution in [1.29, 1.82) is 0 Å². The average Bonchev–Trinajstić information content (AvgIpc) is 2.47. The predicted octanol–water partition coefficient (Wildman–Crippen LogP) is 2.41. The summed E-state index contributed by atoms with van der Waals surface area (Å²) < 4.78 is 10.4. The molecule has 0 aromatic heterocycles. The van der Waals surface area contributed by atoms with Crippen LogP contribution in [0.15, 0.2) is 48.5 Å². The van der Waals surface area contributed by atoms with Gasteiger partial charge in [-0.25, -0.2) is 9.59 Å². The zero-order valence-corrected chi connectivity index (χ0v) is 11.3. The molecular weight excluding hydrogens is 272 g/mol. The molecule has 0 spiro atoms. The minimum absolute atomic E-state index is 0.284. The minimum Gasteiger partial charge on any atom is -0.493 e. The molecule has 0 saturated heterocycles. The lowest BCUT2D eigenvalue weighted by atomic mass is 10.2. The van der Waals surface area contributed by atoms with E-state index < -0.39 is 12.0 Å². The number of benzene rings is 2. The van der Waals surface area contributed by atoms with E-state index >= 15 is 0 Å². The third kappa shape index (κ3) is 3.73. The summed E-state index contributed by atoms with van der Waals surface area (Å²) in [4.78, 5) is 22.9. The van der Waals surface area contributed by atoms with Crippen LogP contribution < -0.4 is 20.5 Å². The number of nitrogens with two attached hydrogens (primary N) is 1. The number of carbonyl (C=O) groups excluding carboxylic acids is 2. The molecule has 0 aliphatic heterocycles. The quantitative estimate of drug-likeness (QED) is 0.667. The number of esters is 1. The first-order valence-corrected chi connectivity index (χ1v) is 6.12. The van der Waals surface area contributed by atoms with E-state index in [0.717, 1.165) is 0 Å². The maximum Gasteiger partial charge on any atom is 0.343 e. The van der Waals surface area contributed by atoms with Gasteiger partial charge in [-0.1, -0.05) is 18.2 Å². The van der Waals surface area contributed by atoms with Gasteiger partial charge in [-0.2, -0.15) is 0 Å². The SMILES string of the molecule is COc1ccccc1OC(=O)c1cccc(NC(N)=O)c1. The van der Waals surface area contributed by atoms with E-state index in [2.05, 4.69) is 5.32 Å². The summed E-state index contributed by atoms with van der Waals surface area (Å²) in [5.74, 6) is 0.211. The van der Waals surface area contributed by atoms with Gasteiger partial charge in [0.15, 0.2) is 11.5 Å². The molecule has 2 amide bonds. The molecule has 0 atom stereocenters. The normalized spacial score (nSPS) is 9.76. The third-order valence-corrected chi connectivity index (χ3v) is 2.64. The standard InChI is InChI=1S/C15H14N2O4/c1-20-12-7-2-3-8-13(12)21-14(18)10-5-4-6-11(9-10)17-15(16)19/h2-9H,1H3,(H3,16,17,19). The van der Waals surface area contributed by atoms with Crippen molar-refractivity contribution in [2.45, 2.75) is 0 Å².